The summed E-state index contributed by atoms with van der Waals surface area (Å²) >= 11 is 12.1. The molecule has 3 rings (SSSR count). The Kier molecular flexibility index (Phi) is 7.12. The second kappa shape index (κ2) is 9.76. The number of nitrogens with one attached hydrogen (secondary N) is 2. The topological polar surface area (TPSA) is 57.8 Å². The molecule has 0 spiro atoms. The number of hydrogen-bond acceptors (Lipinski definition) is 2. The summed E-state index contributed by atoms with van der Waals surface area (Å²) < 4.78 is 0. The van der Waals surface area contributed by atoms with Crippen LogP contribution in [0.25, 0.3) is 0 Å². The van der Waals surface area contributed by atoms with Crippen LogP contribution >= 0.6 is 23.2 Å². The third kappa shape index (κ3) is 5.85. The van der Waals surface area contributed by atoms with Gasteiger partial charge in [-0.3, -0.25) is 9.89 Å². The number of carbonyl (C=O) groups is 1. The first-order valence-corrected chi connectivity index (χ1v) is 10.0. The minimum atomic E-state index is -0.0360. The summed E-state index contributed by atoms with van der Waals surface area (Å²) in [7, 11) is 0. The lowest BCUT2D eigenvalue weighted by Crippen LogP contribution is -2.38. The average Bonchev–Trinajstić information content (AvgIpc) is 3.20. The second-order valence-electron chi connectivity index (χ2n) is 6.93. The molecule has 2 aromatic carbocycles. The molecule has 0 saturated heterocycles. The van der Waals surface area contributed by atoms with Crippen molar-refractivity contribution in [2.45, 2.75) is 38.1 Å². The molecule has 6 heteroatoms. The summed E-state index contributed by atoms with van der Waals surface area (Å²) in [5.41, 5.74) is 3.27. The normalized spacial score (nSPS) is 13.1. The molecule has 2 atom stereocenters. The van der Waals surface area contributed by atoms with Crippen molar-refractivity contribution in [3.63, 3.8) is 0 Å². The molecule has 0 radical (unpaired) electrons. The Balaban J connectivity index is 1.70. The number of H-pyrrole nitrogens is 1. The van der Waals surface area contributed by atoms with Crippen molar-refractivity contribution in [3.8, 4) is 0 Å². The van der Waals surface area contributed by atoms with Crippen molar-refractivity contribution < 1.29 is 4.79 Å². The van der Waals surface area contributed by atoms with Gasteiger partial charge in [0.2, 0.25) is 5.91 Å². The van der Waals surface area contributed by atoms with E-state index in [0.29, 0.717) is 22.9 Å². The molecule has 4 nitrogen and oxygen atoms in total. The third-order valence-electron chi connectivity index (χ3n) is 4.84. The summed E-state index contributed by atoms with van der Waals surface area (Å²) in [6.07, 6.45) is 3.54. The molecular weight excluding hydrogens is 393 g/mol. The second-order valence-corrected chi connectivity index (χ2v) is 7.80. The fourth-order valence-corrected chi connectivity index (χ4v) is 3.52. The Morgan fingerprint density at radius 2 is 1.68 bits per heavy atom. The SMILES string of the molecule is CC(NC(=O)CCc1ccn[nH]1)C(Cc1ccc(Cl)cc1)c1ccc(Cl)cc1. The van der Waals surface area contributed by atoms with Gasteiger partial charge in [-0.1, -0.05) is 47.5 Å². The molecule has 1 heterocycles. The Hall–Kier alpha value is -2.30. The number of nitrogens with zero attached hydrogens (tertiary/aromatic N) is 1. The molecule has 1 aromatic heterocycles. The van der Waals surface area contributed by atoms with Gasteiger partial charge in [-0.25, -0.2) is 0 Å². The molecular formula is C22H23Cl2N3O. The molecule has 146 valence electrons. The number of amides is 1. The number of halogens is 2. The molecule has 0 fully saturated rings. The van der Waals surface area contributed by atoms with E-state index in [1.54, 1.807) is 6.20 Å². The Bertz CT molecular complexity index is 877. The Morgan fingerprint density at radius 3 is 2.29 bits per heavy atom. The van der Waals surface area contributed by atoms with Gasteiger partial charge in [0.15, 0.2) is 0 Å². The van der Waals surface area contributed by atoms with Gasteiger partial charge in [0.25, 0.3) is 0 Å². The van der Waals surface area contributed by atoms with Crippen LogP contribution in [0.1, 0.15) is 36.1 Å². The number of hydrogen-bond donors (Lipinski definition) is 2. The zero-order valence-corrected chi connectivity index (χ0v) is 17.2. The van der Waals surface area contributed by atoms with Gasteiger partial charge in [-0.15, -0.1) is 0 Å². The lowest BCUT2D eigenvalue weighted by atomic mass is 9.86. The molecule has 0 bridgehead atoms. The average molecular weight is 416 g/mol. The van der Waals surface area contributed by atoms with E-state index in [9.17, 15) is 4.79 Å². The van der Waals surface area contributed by atoms with Crippen molar-refractivity contribution in [2.24, 2.45) is 0 Å². The zero-order chi connectivity index (χ0) is 19.9. The molecule has 28 heavy (non-hydrogen) atoms. The highest BCUT2D eigenvalue weighted by molar-refractivity contribution is 6.30. The van der Waals surface area contributed by atoms with Crippen molar-refractivity contribution in [3.05, 3.63) is 87.7 Å². The summed E-state index contributed by atoms with van der Waals surface area (Å²) in [6, 6.07) is 17.5. The first kappa shape index (κ1) is 20.4. The number of aryl methyl sites for hydroxylation is 1. The maximum absolute atomic E-state index is 12.5. The van der Waals surface area contributed by atoms with E-state index < -0.39 is 0 Å². The van der Waals surface area contributed by atoms with Gasteiger partial charge in [0.05, 0.1) is 0 Å². The molecule has 0 aliphatic rings. The van der Waals surface area contributed by atoms with Gasteiger partial charge in [0.1, 0.15) is 0 Å². The molecule has 3 aromatic rings. The maximum Gasteiger partial charge on any atom is 0.220 e. The highest BCUT2D eigenvalue weighted by Gasteiger charge is 2.22. The predicted molar refractivity (Wildman–Crippen MR) is 114 cm³/mol. The zero-order valence-electron chi connectivity index (χ0n) is 15.7. The lowest BCUT2D eigenvalue weighted by Gasteiger charge is -2.26. The summed E-state index contributed by atoms with van der Waals surface area (Å²) in [4.78, 5) is 12.5. The number of rotatable bonds is 8. The third-order valence-corrected chi connectivity index (χ3v) is 5.34. The number of aromatic nitrogens is 2. The fraction of sp³-hybridized carbons (Fsp3) is 0.273. The van der Waals surface area contributed by atoms with Gasteiger partial charge >= 0.3 is 0 Å². The molecule has 1 amide bonds. The largest absolute Gasteiger partial charge is 0.353 e. The Morgan fingerprint density at radius 1 is 1.04 bits per heavy atom. The van der Waals surface area contributed by atoms with E-state index in [-0.39, 0.29) is 17.9 Å². The van der Waals surface area contributed by atoms with Gasteiger partial charge in [-0.05, 0) is 61.2 Å². The predicted octanol–water partition coefficient (Wildman–Crippen LogP) is 5.18. The van der Waals surface area contributed by atoms with Crippen LogP contribution in [0.5, 0.6) is 0 Å². The van der Waals surface area contributed by atoms with Crippen LogP contribution in [-0.4, -0.2) is 22.1 Å². The van der Waals surface area contributed by atoms with Crippen molar-refractivity contribution in [1.82, 2.24) is 15.5 Å². The first-order valence-electron chi connectivity index (χ1n) is 9.29. The molecule has 2 unspecified atom stereocenters. The van der Waals surface area contributed by atoms with E-state index in [4.69, 9.17) is 23.2 Å². The van der Waals surface area contributed by atoms with Crippen LogP contribution in [-0.2, 0) is 17.6 Å². The molecule has 0 aliphatic heterocycles. The number of aromatic amines is 1. The van der Waals surface area contributed by atoms with Crippen molar-refractivity contribution in [1.29, 1.82) is 0 Å². The lowest BCUT2D eigenvalue weighted by molar-refractivity contribution is -0.121. The van der Waals surface area contributed by atoms with Crippen LogP contribution in [0.3, 0.4) is 0 Å². The summed E-state index contributed by atoms with van der Waals surface area (Å²) in [5, 5.41) is 11.4. The van der Waals surface area contributed by atoms with Crippen LogP contribution < -0.4 is 5.32 Å². The van der Waals surface area contributed by atoms with E-state index in [0.717, 1.165) is 17.7 Å². The highest BCUT2D eigenvalue weighted by Crippen LogP contribution is 2.27. The summed E-state index contributed by atoms with van der Waals surface area (Å²) in [6.45, 7) is 2.04. The monoisotopic (exact) mass is 415 g/mol. The van der Waals surface area contributed by atoms with Crippen LogP contribution in [0.4, 0.5) is 0 Å². The molecule has 2 N–H and O–H groups in total. The van der Waals surface area contributed by atoms with Crippen LogP contribution in [0, 0.1) is 0 Å². The van der Waals surface area contributed by atoms with E-state index in [1.165, 1.54) is 5.56 Å². The van der Waals surface area contributed by atoms with E-state index in [2.05, 4.69) is 15.5 Å². The van der Waals surface area contributed by atoms with Crippen LogP contribution in [0.2, 0.25) is 10.0 Å². The quantitative estimate of drug-likeness (QED) is 0.532. The molecule has 0 saturated carbocycles. The number of benzene rings is 2. The fourth-order valence-electron chi connectivity index (χ4n) is 3.27. The van der Waals surface area contributed by atoms with E-state index >= 15 is 0 Å². The maximum atomic E-state index is 12.5. The standard InChI is InChI=1S/C22H23Cl2N3O/c1-15(26-22(28)11-10-20-12-13-25-27-20)21(17-4-8-19(24)9-5-17)14-16-2-6-18(23)7-3-16/h2-9,12-13,15,21H,10-11,14H2,1H3,(H,25,27)(H,26,28). The number of carbonyl (C=O) groups excluding carboxylic acids is 1. The minimum absolute atomic E-state index is 0.0252. The molecule has 0 aliphatic carbocycles. The van der Waals surface area contributed by atoms with Gasteiger partial charge in [0, 0.05) is 40.3 Å². The van der Waals surface area contributed by atoms with Gasteiger partial charge < -0.3 is 5.32 Å². The van der Waals surface area contributed by atoms with Crippen molar-refractivity contribution >= 4 is 29.1 Å². The minimum Gasteiger partial charge on any atom is -0.353 e. The van der Waals surface area contributed by atoms with E-state index in [1.807, 2.05) is 61.5 Å². The Labute approximate surface area is 175 Å². The van der Waals surface area contributed by atoms with Gasteiger partial charge in [-0.2, -0.15) is 5.10 Å². The smallest absolute Gasteiger partial charge is 0.220 e. The summed E-state index contributed by atoms with van der Waals surface area (Å²) in [5.74, 6) is 0.145. The first-order chi connectivity index (χ1) is 13.5. The highest BCUT2D eigenvalue weighted by atomic mass is 35.5. The van der Waals surface area contributed by atoms with Crippen LogP contribution in [0.15, 0.2) is 60.8 Å². The van der Waals surface area contributed by atoms with Crippen molar-refractivity contribution in [2.75, 3.05) is 0 Å².